The number of hydrogen-bond acceptors (Lipinski definition) is 5. The quantitative estimate of drug-likeness (QED) is 0.515. The number of thiazole rings is 1. The first-order valence-electron chi connectivity index (χ1n) is 8.84. The van der Waals surface area contributed by atoms with Crippen LogP contribution in [-0.2, 0) is 4.74 Å². The van der Waals surface area contributed by atoms with Crippen LogP contribution >= 0.6 is 11.3 Å². The Morgan fingerprint density at radius 2 is 1.86 bits per heavy atom. The SMILES string of the molecule is CCOC(=O)c1[nH]cnc1N=c1scc(-c2ccccc2)n1-c1ccccc1. The van der Waals surface area contributed by atoms with Gasteiger partial charge in [-0.2, -0.15) is 4.99 Å². The Kier molecular flexibility index (Phi) is 5.16. The molecule has 6 nitrogen and oxygen atoms in total. The molecule has 0 amide bonds. The molecule has 0 bridgehead atoms. The lowest BCUT2D eigenvalue weighted by atomic mass is 10.1. The lowest BCUT2D eigenvalue weighted by molar-refractivity contribution is 0.0521. The van der Waals surface area contributed by atoms with Crippen molar-refractivity contribution in [1.29, 1.82) is 0 Å². The van der Waals surface area contributed by atoms with Gasteiger partial charge < -0.3 is 9.72 Å². The molecule has 0 radical (unpaired) electrons. The van der Waals surface area contributed by atoms with E-state index in [0.717, 1.165) is 16.9 Å². The minimum Gasteiger partial charge on any atom is -0.461 e. The Balaban J connectivity index is 1.90. The molecule has 0 fully saturated rings. The summed E-state index contributed by atoms with van der Waals surface area (Å²) in [7, 11) is 0. The third-order valence-corrected chi connectivity index (χ3v) is 4.92. The summed E-state index contributed by atoms with van der Waals surface area (Å²) in [5.41, 5.74) is 3.33. The van der Waals surface area contributed by atoms with E-state index in [-0.39, 0.29) is 5.69 Å². The molecule has 2 aromatic heterocycles. The van der Waals surface area contributed by atoms with Crippen molar-refractivity contribution < 1.29 is 9.53 Å². The number of esters is 1. The first-order chi connectivity index (χ1) is 13.8. The van der Waals surface area contributed by atoms with Gasteiger partial charge >= 0.3 is 5.97 Å². The highest BCUT2D eigenvalue weighted by Gasteiger charge is 2.16. The van der Waals surface area contributed by atoms with Gasteiger partial charge in [-0.15, -0.1) is 11.3 Å². The second-order valence-corrected chi connectivity index (χ2v) is 6.71. The van der Waals surface area contributed by atoms with Crippen molar-refractivity contribution in [1.82, 2.24) is 14.5 Å². The number of hydrogen-bond donors (Lipinski definition) is 1. The second kappa shape index (κ2) is 8.06. The Bertz CT molecular complexity index is 1140. The van der Waals surface area contributed by atoms with Crippen LogP contribution < -0.4 is 4.80 Å². The van der Waals surface area contributed by atoms with Gasteiger partial charge in [0.1, 0.15) is 0 Å². The number of imidazole rings is 1. The summed E-state index contributed by atoms with van der Waals surface area (Å²) in [5.74, 6) is -0.158. The van der Waals surface area contributed by atoms with Crippen LogP contribution in [0, 0.1) is 0 Å². The van der Waals surface area contributed by atoms with E-state index in [1.54, 1.807) is 6.92 Å². The molecular weight excluding hydrogens is 372 g/mol. The fourth-order valence-electron chi connectivity index (χ4n) is 2.84. The fraction of sp³-hybridized carbons (Fsp3) is 0.0952. The molecule has 4 aromatic rings. The maximum absolute atomic E-state index is 12.1. The normalized spacial score (nSPS) is 11.5. The molecule has 28 heavy (non-hydrogen) atoms. The average molecular weight is 390 g/mol. The fourth-order valence-corrected chi connectivity index (χ4v) is 3.75. The zero-order valence-corrected chi connectivity index (χ0v) is 16.0. The monoisotopic (exact) mass is 390 g/mol. The van der Waals surface area contributed by atoms with Crippen molar-refractivity contribution in [2.45, 2.75) is 6.92 Å². The summed E-state index contributed by atoms with van der Waals surface area (Å²) in [6, 6.07) is 20.1. The molecule has 0 unspecified atom stereocenters. The zero-order chi connectivity index (χ0) is 19.3. The standard InChI is InChI=1S/C21H18N4O2S/c1-2-27-20(26)18-19(23-14-22-18)24-21-25(16-11-7-4-8-12-16)17(13-28-21)15-9-5-3-6-10-15/h3-14H,2H2,1H3,(H,22,23). The number of nitrogens with one attached hydrogen (secondary N) is 1. The number of para-hydroxylation sites is 1. The van der Waals surface area contributed by atoms with Gasteiger partial charge in [-0.25, -0.2) is 9.78 Å². The van der Waals surface area contributed by atoms with Crippen molar-refractivity contribution in [3.05, 3.63) is 82.9 Å². The van der Waals surface area contributed by atoms with E-state index in [1.165, 1.54) is 17.7 Å². The average Bonchev–Trinajstić information content (AvgIpc) is 3.37. The van der Waals surface area contributed by atoms with Crippen LogP contribution in [0.25, 0.3) is 16.9 Å². The number of rotatable bonds is 5. The maximum atomic E-state index is 12.1. The first-order valence-corrected chi connectivity index (χ1v) is 9.72. The summed E-state index contributed by atoms with van der Waals surface area (Å²) in [4.78, 5) is 24.5. The second-order valence-electron chi connectivity index (χ2n) is 5.87. The molecule has 7 heteroatoms. The van der Waals surface area contributed by atoms with Crippen LogP contribution in [-0.4, -0.2) is 27.1 Å². The first kappa shape index (κ1) is 17.9. The Morgan fingerprint density at radius 3 is 2.57 bits per heavy atom. The lowest BCUT2D eigenvalue weighted by Crippen LogP contribution is -2.14. The Hall–Kier alpha value is -3.45. The molecular formula is C21H18N4O2S. The minimum atomic E-state index is -0.468. The van der Waals surface area contributed by atoms with E-state index < -0.39 is 5.97 Å². The topological polar surface area (TPSA) is 72.3 Å². The number of aromatic nitrogens is 3. The molecule has 0 aliphatic rings. The van der Waals surface area contributed by atoms with Gasteiger partial charge in [-0.3, -0.25) is 4.57 Å². The number of ether oxygens (including phenoxy) is 1. The molecule has 0 saturated heterocycles. The van der Waals surface area contributed by atoms with Gasteiger partial charge in [-0.1, -0.05) is 48.5 Å². The summed E-state index contributed by atoms with van der Waals surface area (Å²) < 4.78 is 7.14. The van der Waals surface area contributed by atoms with Gasteiger partial charge in [0.15, 0.2) is 16.3 Å². The van der Waals surface area contributed by atoms with Gasteiger partial charge in [0.05, 0.1) is 18.6 Å². The van der Waals surface area contributed by atoms with Crippen molar-refractivity contribution >= 4 is 23.1 Å². The van der Waals surface area contributed by atoms with E-state index in [1.807, 2.05) is 48.5 Å². The van der Waals surface area contributed by atoms with Crippen molar-refractivity contribution in [2.24, 2.45) is 4.99 Å². The van der Waals surface area contributed by atoms with Gasteiger partial charge in [-0.05, 0) is 24.6 Å². The van der Waals surface area contributed by atoms with Crippen molar-refractivity contribution in [3.63, 3.8) is 0 Å². The van der Waals surface area contributed by atoms with Crippen LogP contribution in [0.15, 0.2) is 77.4 Å². The van der Waals surface area contributed by atoms with Gasteiger partial charge in [0.2, 0.25) is 0 Å². The highest BCUT2D eigenvalue weighted by atomic mass is 32.1. The zero-order valence-electron chi connectivity index (χ0n) is 15.2. The molecule has 1 N–H and O–H groups in total. The molecule has 0 aliphatic heterocycles. The van der Waals surface area contributed by atoms with E-state index >= 15 is 0 Å². The number of nitrogens with zero attached hydrogens (tertiary/aromatic N) is 3. The van der Waals surface area contributed by atoms with Crippen molar-refractivity contribution in [3.8, 4) is 16.9 Å². The number of H-pyrrole nitrogens is 1. The molecule has 0 spiro atoms. The largest absolute Gasteiger partial charge is 0.461 e. The third-order valence-electron chi connectivity index (χ3n) is 4.09. The van der Waals surface area contributed by atoms with Crippen LogP contribution in [0.1, 0.15) is 17.4 Å². The van der Waals surface area contributed by atoms with Crippen LogP contribution in [0.4, 0.5) is 5.82 Å². The Labute approximate surface area is 165 Å². The smallest absolute Gasteiger partial charge is 0.358 e. The summed E-state index contributed by atoms with van der Waals surface area (Å²) >= 11 is 1.49. The summed E-state index contributed by atoms with van der Waals surface area (Å²) in [6.45, 7) is 2.05. The van der Waals surface area contributed by atoms with E-state index in [9.17, 15) is 4.79 Å². The third kappa shape index (κ3) is 3.52. The number of aromatic amines is 1. The van der Waals surface area contributed by atoms with Gasteiger partial charge in [0.25, 0.3) is 0 Å². The molecule has 0 atom stereocenters. The predicted octanol–water partition coefficient (Wildman–Crippen LogP) is 4.34. The molecule has 0 saturated carbocycles. The number of carbonyl (C=O) groups excluding carboxylic acids is 1. The van der Waals surface area contributed by atoms with E-state index in [4.69, 9.17) is 4.74 Å². The lowest BCUT2D eigenvalue weighted by Gasteiger charge is -2.09. The predicted molar refractivity (Wildman–Crippen MR) is 109 cm³/mol. The minimum absolute atomic E-state index is 0.246. The molecule has 2 heterocycles. The molecule has 140 valence electrons. The van der Waals surface area contributed by atoms with Crippen LogP contribution in [0.2, 0.25) is 0 Å². The molecule has 0 aliphatic carbocycles. The highest BCUT2D eigenvalue weighted by Crippen LogP contribution is 2.24. The summed E-state index contributed by atoms with van der Waals surface area (Å²) in [5, 5.41) is 2.05. The maximum Gasteiger partial charge on any atom is 0.358 e. The van der Waals surface area contributed by atoms with Gasteiger partial charge in [0, 0.05) is 11.1 Å². The highest BCUT2D eigenvalue weighted by molar-refractivity contribution is 7.07. The summed E-state index contributed by atoms with van der Waals surface area (Å²) in [6.07, 6.45) is 1.45. The van der Waals surface area contributed by atoms with Crippen LogP contribution in [0.5, 0.6) is 0 Å². The number of benzene rings is 2. The molecule has 2 aromatic carbocycles. The number of carbonyl (C=O) groups is 1. The Morgan fingerprint density at radius 1 is 1.14 bits per heavy atom. The van der Waals surface area contributed by atoms with Crippen molar-refractivity contribution in [2.75, 3.05) is 6.61 Å². The van der Waals surface area contributed by atoms with E-state index in [0.29, 0.717) is 17.2 Å². The molecule has 4 rings (SSSR count). The van der Waals surface area contributed by atoms with E-state index in [2.05, 4.69) is 37.0 Å². The van der Waals surface area contributed by atoms with Crippen LogP contribution in [0.3, 0.4) is 0 Å².